The van der Waals surface area contributed by atoms with Crippen LogP contribution in [-0.4, -0.2) is 6.29 Å². The van der Waals surface area contributed by atoms with Crippen molar-refractivity contribution in [2.45, 2.75) is 6.61 Å². The normalized spacial score (nSPS) is 10.7. The van der Waals surface area contributed by atoms with Crippen molar-refractivity contribution in [3.05, 3.63) is 53.6 Å². The predicted molar refractivity (Wildman–Crippen MR) is 64.6 cm³/mol. The fourth-order valence-electron chi connectivity index (χ4n) is 1.70. The Morgan fingerprint density at radius 3 is 2.44 bits per heavy atom. The van der Waals surface area contributed by atoms with Gasteiger partial charge in [-0.15, -0.1) is 0 Å². The van der Waals surface area contributed by atoms with Gasteiger partial charge in [-0.1, -0.05) is 30.3 Å². The number of hydrogen-bond acceptors (Lipinski definition) is 4. The first-order valence-electron chi connectivity index (χ1n) is 5.51. The van der Waals surface area contributed by atoms with Gasteiger partial charge in [0.1, 0.15) is 12.4 Å². The number of rotatable bonds is 4. The fourth-order valence-corrected chi connectivity index (χ4v) is 1.70. The highest BCUT2D eigenvalue weighted by Gasteiger charge is 2.12. The smallest absolute Gasteiger partial charge is 0.229 e. The molecule has 0 saturated carbocycles. The number of carbonyl (C=O) groups is 1. The molecule has 0 radical (unpaired) electrons. The van der Waals surface area contributed by atoms with E-state index in [1.54, 1.807) is 12.1 Å². The zero-order valence-electron chi connectivity index (χ0n) is 9.46. The van der Waals surface area contributed by atoms with Gasteiger partial charge in [-0.2, -0.15) is 0 Å². The van der Waals surface area contributed by atoms with E-state index in [2.05, 4.69) is 0 Å². The number of ether oxygens (including phenoxy) is 1. The van der Waals surface area contributed by atoms with Gasteiger partial charge in [0.15, 0.2) is 6.29 Å². The predicted octanol–water partition coefficient (Wildman–Crippen LogP) is 3.42. The van der Waals surface area contributed by atoms with E-state index in [-0.39, 0.29) is 0 Å². The lowest BCUT2D eigenvalue weighted by Gasteiger charge is -2.09. The molecule has 1 heterocycles. The molecule has 4 heteroatoms. The van der Waals surface area contributed by atoms with Crippen LogP contribution in [0.1, 0.15) is 15.9 Å². The summed E-state index contributed by atoms with van der Waals surface area (Å²) in [5, 5.41) is 0. The maximum Gasteiger partial charge on any atom is 0.229 e. The Morgan fingerprint density at radius 1 is 1.06 bits per heavy atom. The van der Waals surface area contributed by atoms with Gasteiger partial charge in [0.2, 0.25) is 11.2 Å². The minimum absolute atomic E-state index is 0.404. The molecule has 3 rings (SSSR count). The van der Waals surface area contributed by atoms with Crippen LogP contribution in [0.2, 0.25) is 0 Å². The molecule has 90 valence electrons. The lowest BCUT2D eigenvalue weighted by atomic mass is 10.2. The van der Waals surface area contributed by atoms with Crippen molar-refractivity contribution in [2.24, 2.45) is 0 Å². The van der Waals surface area contributed by atoms with Crippen LogP contribution in [-0.2, 0) is 6.61 Å². The maximum atomic E-state index is 10.9. The largest absolute Gasteiger partial charge is 0.488 e. The first kappa shape index (κ1) is 10.7. The third kappa shape index (κ3) is 1.88. The molecule has 4 nitrogen and oxygen atoms in total. The van der Waals surface area contributed by atoms with Crippen LogP contribution >= 0.6 is 0 Å². The van der Waals surface area contributed by atoms with Crippen LogP contribution in [0.15, 0.2) is 51.6 Å². The van der Waals surface area contributed by atoms with E-state index < -0.39 is 0 Å². The summed E-state index contributed by atoms with van der Waals surface area (Å²) in [6, 6.07) is 13.0. The third-order valence-corrected chi connectivity index (χ3v) is 2.66. The molecule has 0 aliphatic rings. The Hall–Kier alpha value is -2.49. The molecule has 2 aromatic carbocycles. The number of carbonyl (C=O) groups excluding carboxylic acids is 1. The summed E-state index contributed by atoms with van der Waals surface area (Å²) in [4.78, 5) is 10.9. The number of benzene rings is 2. The number of aldehydes is 1. The van der Waals surface area contributed by atoms with E-state index in [4.69, 9.17) is 13.9 Å². The van der Waals surface area contributed by atoms with E-state index in [0.29, 0.717) is 29.1 Å². The lowest BCUT2D eigenvalue weighted by molar-refractivity contribution is 0.0584. The van der Waals surface area contributed by atoms with Gasteiger partial charge in [-0.3, -0.25) is 13.9 Å². The second kappa shape index (κ2) is 4.41. The van der Waals surface area contributed by atoms with Crippen molar-refractivity contribution >= 4 is 17.5 Å². The molecule has 18 heavy (non-hydrogen) atoms. The van der Waals surface area contributed by atoms with Gasteiger partial charge in [-0.25, -0.2) is 0 Å². The quantitative estimate of drug-likeness (QED) is 0.519. The monoisotopic (exact) mass is 242 g/mol. The number of hydrogen-bond donors (Lipinski definition) is 0. The van der Waals surface area contributed by atoms with Gasteiger partial charge < -0.3 is 4.74 Å². The third-order valence-electron chi connectivity index (χ3n) is 2.66. The molecule has 0 fully saturated rings. The van der Waals surface area contributed by atoms with Crippen LogP contribution < -0.4 is 4.74 Å². The van der Waals surface area contributed by atoms with Crippen LogP contribution in [0.25, 0.3) is 11.2 Å². The highest BCUT2D eigenvalue weighted by atomic mass is 17.0. The Balaban J connectivity index is 1.83. The summed E-state index contributed by atoms with van der Waals surface area (Å²) >= 11 is 0. The zero-order chi connectivity index (χ0) is 12.4. The van der Waals surface area contributed by atoms with Crippen molar-refractivity contribution in [3.8, 4) is 5.75 Å². The molecular weight excluding hydrogens is 232 g/mol. The van der Waals surface area contributed by atoms with Crippen molar-refractivity contribution in [1.29, 1.82) is 0 Å². The summed E-state index contributed by atoms with van der Waals surface area (Å²) in [6.45, 7) is 0.404. The average Bonchev–Trinajstić information content (AvgIpc) is 2.40. The molecule has 0 amide bonds. The van der Waals surface area contributed by atoms with Crippen molar-refractivity contribution in [3.63, 3.8) is 0 Å². The molecule has 0 atom stereocenters. The Kier molecular flexibility index (Phi) is 2.61. The zero-order valence-corrected chi connectivity index (χ0v) is 9.46. The highest BCUT2D eigenvalue weighted by molar-refractivity contribution is 5.87. The van der Waals surface area contributed by atoms with Crippen LogP contribution in [0, 0.1) is 0 Å². The molecular formula is C14H10O4. The maximum absolute atomic E-state index is 10.9. The fraction of sp³-hybridized carbons (Fsp3) is 0.0714. The van der Waals surface area contributed by atoms with Gasteiger partial charge in [0.25, 0.3) is 0 Å². The van der Waals surface area contributed by atoms with Crippen molar-refractivity contribution < 1.29 is 18.7 Å². The van der Waals surface area contributed by atoms with Gasteiger partial charge in [0.05, 0.1) is 5.56 Å². The molecule has 1 aromatic heterocycles. The van der Waals surface area contributed by atoms with E-state index in [1.807, 2.05) is 30.3 Å². The minimum Gasteiger partial charge on any atom is -0.488 e. The SMILES string of the molecule is O=Cc1cc2ooc2cc1OCc1ccccc1. The van der Waals surface area contributed by atoms with Crippen LogP contribution in [0.4, 0.5) is 0 Å². The number of fused-ring (bicyclic) bond motifs is 1. The highest BCUT2D eigenvalue weighted by Crippen LogP contribution is 2.28. The van der Waals surface area contributed by atoms with Crippen molar-refractivity contribution in [2.75, 3.05) is 0 Å². The summed E-state index contributed by atoms with van der Waals surface area (Å²) in [5.74, 6) is 0.496. The Morgan fingerprint density at radius 2 is 1.78 bits per heavy atom. The van der Waals surface area contributed by atoms with Gasteiger partial charge in [-0.05, 0) is 5.56 Å². The molecule has 0 unspecified atom stereocenters. The van der Waals surface area contributed by atoms with Crippen molar-refractivity contribution in [1.82, 2.24) is 0 Å². The molecule has 0 N–H and O–H groups in total. The minimum atomic E-state index is 0.404. The van der Waals surface area contributed by atoms with Crippen LogP contribution in [0.5, 0.6) is 5.75 Å². The van der Waals surface area contributed by atoms with E-state index in [0.717, 1.165) is 11.8 Å². The second-order valence-electron chi connectivity index (χ2n) is 3.90. The summed E-state index contributed by atoms with van der Waals surface area (Å²) in [6.07, 6.45) is 0.738. The molecule has 3 aromatic rings. The van der Waals surface area contributed by atoms with E-state index in [9.17, 15) is 4.79 Å². The summed E-state index contributed by atoms with van der Waals surface area (Å²) < 4.78 is 15.1. The van der Waals surface area contributed by atoms with Crippen LogP contribution in [0.3, 0.4) is 0 Å². The topological polar surface area (TPSA) is 52.6 Å². The first-order valence-corrected chi connectivity index (χ1v) is 5.51. The molecule has 0 bridgehead atoms. The van der Waals surface area contributed by atoms with E-state index >= 15 is 0 Å². The second-order valence-corrected chi connectivity index (χ2v) is 3.90. The molecule has 0 spiro atoms. The first-order chi connectivity index (χ1) is 8.86. The molecule has 0 aliphatic heterocycles. The lowest BCUT2D eigenvalue weighted by Crippen LogP contribution is -1.98. The standard InChI is InChI=1S/C14H10O4/c15-8-11-6-13-14(18-17-13)7-12(11)16-9-10-4-2-1-3-5-10/h1-8H,9H2. The average molecular weight is 242 g/mol. The van der Waals surface area contributed by atoms with Gasteiger partial charge >= 0.3 is 0 Å². The van der Waals surface area contributed by atoms with E-state index in [1.165, 1.54) is 0 Å². The Bertz CT molecular complexity index is 663. The molecule has 0 aliphatic carbocycles. The Labute approximate surface area is 103 Å². The van der Waals surface area contributed by atoms with Gasteiger partial charge in [0, 0.05) is 12.1 Å². The summed E-state index contributed by atoms with van der Waals surface area (Å²) in [7, 11) is 0. The molecule has 0 saturated heterocycles. The summed E-state index contributed by atoms with van der Waals surface area (Å²) in [5.41, 5.74) is 2.63.